The number of hydrogen-bond donors (Lipinski definition) is 0. The Morgan fingerprint density at radius 1 is 1.06 bits per heavy atom. The topological polar surface area (TPSA) is 9.23 Å². The van der Waals surface area contributed by atoms with Gasteiger partial charge in [0, 0.05) is 0 Å². The van der Waals surface area contributed by atoms with E-state index >= 15 is 0 Å². The molecule has 4 rings (SSSR count). The lowest BCUT2D eigenvalue weighted by Gasteiger charge is -2.56. The molecule has 4 saturated carbocycles. The first-order valence-corrected chi connectivity index (χ1v) is 8.32. The van der Waals surface area contributed by atoms with E-state index in [9.17, 15) is 0 Å². The van der Waals surface area contributed by atoms with Crippen molar-refractivity contribution in [3.8, 4) is 0 Å². The molecule has 0 unspecified atom stereocenters. The van der Waals surface area contributed by atoms with Gasteiger partial charge in [-0.05, 0) is 70.1 Å². The van der Waals surface area contributed by atoms with Crippen molar-refractivity contribution < 1.29 is 4.43 Å². The minimum atomic E-state index is -0.402. The molecule has 0 amide bonds. The maximum Gasteiger partial charge on any atom is 0.185 e. The third-order valence-corrected chi connectivity index (χ3v) is 6.63. The van der Waals surface area contributed by atoms with Crippen molar-refractivity contribution in [2.45, 2.75) is 58.0 Å². The third-order valence-electron chi connectivity index (χ3n) is 4.86. The molecule has 0 aliphatic heterocycles. The fourth-order valence-corrected chi connectivity index (χ4v) is 5.72. The molecule has 2 heteroatoms. The smallest absolute Gasteiger partial charge is 0.185 e. The summed E-state index contributed by atoms with van der Waals surface area (Å²) in [6.45, 7) is 4.38. The Morgan fingerprint density at radius 3 is 2.00 bits per heavy atom. The van der Waals surface area contributed by atoms with Crippen LogP contribution < -0.4 is 0 Å². The van der Waals surface area contributed by atoms with Crippen LogP contribution in [0.15, 0.2) is 11.3 Å². The van der Waals surface area contributed by atoms with Gasteiger partial charge in [0.15, 0.2) is 9.76 Å². The van der Waals surface area contributed by atoms with E-state index < -0.39 is 9.76 Å². The molecular formula is C14H24OSi. The normalized spacial score (nSPS) is 45.5. The van der Waals surface area contributed by atoms with E-state index in [2.05, 4.69) is 19.5 Å². The summed E-state index contributed by atoms with van der Waals surface area (Å²) in [5, 5.41) is 0. The predicted octanol–water partition coefficient (Wildman–Crippen LogP) is 2.98. The van der Waals surface area contributed by atoms with Crippen molar-refractivity contribution in [2.24, 2.45) is 17.8 Å². The van der Waals surface area contributed by atoms with Crippen LogP contribution >= 0.6 is 0 Å². The number of hydrogen-bond acceptors (Lipinski definition) is 1. The Labute approximate surface area is 102 Å². The Hall–Kier alpha value is -0.0831. The van der Waals surface area contributed by atoms with Gasteiger partial charge in [0.05, 0.1) is 5.60 Å². The van der Waals surface area contributed by atoms with Crippen LogP contribution in [-0.4, -0.2) is 15.4 Å². The molecule has 0 aromatic rings. The highest BCUT2D eigenvalue weighted by Crippen LogP contribution is 2.56. The van der Waals surface area contributed by atoms with Gasteiger partial charge in [0.2, 0.25) is 0 Å². The highest BCUT2D eigenvalue weighted by Gasteiger charge is 2.51. The Kier molecular flexibility index (Phi) is 2.75. The van der Waals surface area contributed by atoms with Gasteiger partial charge in [-0.2, -0.15) is 0 Å². The lowest BCUT2D eigenvalue weighted by molar-refractivity contribution is -0.106. The molecule has 0 saturated heterocycles. The van der Waals surface area contributed by atoms with Crippen LogP contribution in [0.5, 0.6) is 0 Å². The van der Waals surface area contributed by atoms with Gasteiger partial charge >= 0.3 is 0 Å². The minimum absolute atomic E-state index is 0.354. The predicted molar refractivity (Wildman–Crippen MR) is 70.0 cm³/mol. The summed E-state index contributed by atoms with van der Waals surface area (Å²) in [5.74, 6) is 3.06. The highest BCUT2D eigenvalue weighted by molar-refractivity contribution is 6.34. The molecule has 90 valence electrons. The maximum atomic E-state index is 6.42. The van der Waals surface area contributed by atoms with E-state index in [0.717, 1.165) is 17.8 Å². The summed E-state index contributed by atoms with van der Waals surface area (Å²) < 4.78 is 6.42. The second-order valence-electron chi connectivity index (χ2n) is 6.69. The molecule has 4 bridgehead atoms. The molecule has 0 radical (unpaired) electrons. The molecule has 0 aromatic carbocycles. The Balaban J connectivity index is 1.67. The van der Waals surface area contributed by atoms with Gasteiger partial charge in [-0.25, -0.2) is 0 Å². The summed E-state index contributed by atoms with van der Waals surface area (Å²) >= 11 is 0. The largest absolute Gasteiger partial charge is 0.414 e. The van der Waals surface area contributed by atoms with E-state index in [-0.39, 0.29) is 0 Å². The maximum absolute atomic E-state index is 6.42. The molecule has 0 aromatic heterocycles. The zero-order chi connectivity index (χ0) is 11.2. The summed E-state index contributed by atoms with van der Waals surface area (Å²) in [5.41, 5.74) is 4.17. The quantitative estimate of drug-likeness (QED) is 0.685. The van der Waals surface area contributed by atoms with Crippen molar-refractivity contribution in [1.82, 2.24) is 0 Å². The lowest BCUT2D eigenvalue weighted by atomic mass is 9.54. The average Bonchev–Trinajstić information content (AvgIpc) is 2.13. The zero-order valence-electron chi connectivity index (χ0n) is 10.7. The van der Waals surface area contributed by atoms with Crippen LogP contribution in [0.4, 0.5) is 0 Å². The second kappa shape index (κ2) is 3.99. The molecule has 4 aliphatic carbocycles. The Morgan fingerprint density at radius 2 is 1.56 bits per heavy atom. The molecule has 4 aliphatic rings. The molecule has 0 N–H and O–H groups in total. The van der Waals surface area contributed by atoms with Crippen LogP contribution in [0.2, 0.25) is 0 Å². The second-order valence-corrected chi connectivity index (χ2v) is 7.72. The fourth-order valence-electron chi connectivity index (χ4n) is 4.59. The summed E-state index contributed by atoms with van der Waals surface area (Å²) in [6, 6.07) is 0. The van der Waals surface area contributed by atoms with Gasteiger partial charge < -0.3 is 4.43 Å². The molecule has 0 heterocycles. The average molecular weight is 236 g/mol. The fraction of sp³-hybridized carbons (Fsp3) is 0.857. The van der Waals surface area contributed by atoms with Crippen molar-refractivity contribution in [2.75, 3.05) is 0 Å². The molecule has 16 heavy (non-hydrogen) atoms. The van der Waals surface area contributed by atoms with Crippen LogP contribution in [0.1, 0.15) is 52.4 Å². The van der Waals surface area contributed by atoms with Gasteiger partial charge in [-0.3, -0.25) is 0 Å². The van der Waals surface area contributed by atoms with Gasteiger partial charge in [0.25, 0.3) is 0 Å². The van der Waals surface area contributed by atoms with E-state index in [4.69, 9.17) is 4.43 Å². The third kappa shape index (κ3) is 2.02. The molecule has 1 nitrogen and oxygen atoms in total. The van der Waals surface area contributed by atoms with E-state index in [1.165, 1.54) is 44.1 Å². The molecular weight excluding hydrogens is 212 g/mol. The molecule has 0 spiro atoms. The van der Waals surface area contributed by atoms with Crippen LogP contribution in [0.3, 0.4) is 0 Å². The van der Waals surface area contributed by atoms with Gasteiger partial charge in [0.1, 0.15) is 0 Å². The highest BCUT2D eigenvalue weighted by atomic mass is 28.2. The van der Waals surface area contributed by atoms with Crippen molar-refractivity contribution in [3.05, 3.63) is 11.3 Å². The number of rotatable bonds is 3. The van der Waals surface area contributed by atoms with Crippen molar-refractivity contribution >= 4 is 9.76 Å². The van der Waals surface area contributed by atoms with E-state index in [1.807, 2.05) is 0 Å². The minimum Gasteiger partial charge on any atom is -0.414 e. The molecule has 0 atom stereocenters. The SMILES string of the molecule is CC(C)=C[SiH2]OC12CC3CC(CC(C3)C1)C2. The summed E-state index contributed by atoms with van der Waals surface area (Å²) in [7, 11) is -0.402. The van der Waals surface area contributed by atoms with Crippen LogP contribution in [0.25, 0.3) is 0 Å². The van der Waals surface area contributed by atoms with Gasteiger partial charge in [-0.1, -0.05) is 11.3 Å². The first-order chi connectivity index (χ1) is 7.65. The van der Waals surface area contributed by atoms with Crippen molar-refractivity contribution in [1.29, 1.82) is 0 Å². The van der Waals surface area contributed by atoms with Crippen LogP contribution in [0, 0.1) is 17.8 Å². The van der Waals surface area contributed by atoms with E-state index in [1.54, 1.807) is 0 Å². The Bertz CT molecular complexity index is 269. The summed E-state index contributed by atoms with van der Waals surface area (Å²) in [6.07, 6.45) is 8.74. The number of allylic oxidation sites excluding steroid dienone is 1. The van der Waals surface area contributed by atoms with Crippen molar-refractivity contribution in [3.63, 3.8) is 0 Å². The van der Waals surface area contributed by atoms with Gasteiger partial charge in [-0.15, -0.1) is 0 Å². The summed E-state index contributed by atoms with van der Waals surface area (Å²) in [4.78, 5) is 0. The van der Waals surface area contributed by atoms with E-state index in [0.29, 0.717) is 5.60 Å². The zero-order valence-corrected chi connectivity index (χ0v) is 12.1. The first-order valence-electron chi connectivity index (χ1n) is 6.92. The standard InChI is InChI=1S/C14H24OSi/c1-10(2)9-16-15-14-6-11-3-12(7-14)5-13(4-11)8-14/h9,11-13H,3-8,16H2,1-2H3. The molecule has 4 fully saturated rings. The van der Waals surface area contributed by atoms with Crippen LogP contribution in [-0.2, 0) is 4.43 Å². The monoisotopic (exact) mass is 236 g/mol. The lowest BCUT2D eigenvalue weighted by Crippen LogP contribution is -2.52. The first kappa shape index (κ1) is 11.0.